The summed E-state index contributed by atoms with van der Waals surface area (Å²) in [6.45, 7) is 4.69. The van der Waals surface area contributed by atoms with Crippen molar-refractivity contribution in [3.63, 3.8) is 0 Å². The molecule has 1 aliphatic heterocycles. The first kappa shape index (κ1) is 10.6. The Labute approximate surface area is 89.0 Å². The molecule has 2 atom stereocenters. The fourth-order valence-electron chi connectivity index (χ4n) is 1.78. The highest BCUT2D eigenvalue weighted by atomic mass is 16.5. The van der Waals surface area contributed by atoms with Crippen LogP contribution in [0.25, 0.3) is 0 Å². The molecule has 5 nitrogen and oxygen atoms in total. The van der Waals surface area contributed by atoms with E-state index in [0.717, 1.165) is 19.4 Å². The van der Waals surface area contributed by atoms with Crippen molar-refractivity contribution >= 4 is 0 Å². The predicted octanol–water partition coefficient (Wildman–Crippen LogP) is 0.985. The zero-order chi connectivity index (χ0) is 10.9. The molecule has 2 heterocycles. The monoisotopic (exact) mass is 211 g/mol. The van der Waals surface area contributed by atoms with E-state index in [2.05, 4.69) is 10.1 Å². The van der Waals surface area contributed by atoms with E-state index in [4.69, 9.17) is 15.0 Å². The summed E-state index contributed by atoms with van der Waals surface area (Å²) in [6, 6.07) is 0.0376. The molecular weight excluding hydrogens is 194 g/mol. The van der Waals surface area contributed by atoms with Gasteiger partial charge in [0.2, 0.25) is 11.7 Å². The summed E-state index contributed by atoms with van der Waals surface area (Å²) in [5.74, 6) is 1.24. The molecule has 15 heavy (non-hydrogen) atoms. The lowest BCUT2D eigenvalue weighted by molar-refractivity contribution is 0.00768. The minimum Gasteiger partial charge on any atom is -0.367 e. The Hall–Kier alpha value is -0.940. The third-order valence-electron chi connectivity index (χ3n) is 2.66. The van der Waals surface area contributed by atoms with Crippen LogP contribution in [0, 0.1) is 0 Å². The van der Waals surface area contributed by atoms with Gasteiger partial charge in [0.15, 0.2) is 0 Å². The van der Waals surface area contributed by atoms with Gasteiger partial charge in [0.25, 0.3) is 0 Å². The summed E-state index contributed by atoms with van der Waals surface area (Å²) in [6.07, 6.45) is 2.61. The zero-order valence-corrected chi connectivity index (χ0v) is 9.19. The molecule has 0 spiro atoms. The van der Waals surface area contributed by atoms with Crippen molar-refractivity contribution < 1.29 is 9.26 Å². The number of aromatic nitrogens is 2. The molecule has 1 saturated heterocycles. The lowest BCUT2D eigenvalue weighted by Gasteiger charge is -2.17. The van der Waals surface area contributed by atoms with Gasteiger partial charge in [0.05, 0.1) is 0 Å². The molecule has 1 fully saturated rings. The van der Waals surface area contributed by atoms with Gasteiger partial charge in [-0.1, -0.05) is 5.16 Å². The van der Waals surface area contributed by atoms with Crippen molar-refractivity contribution in [2.24, 2.45) is 5.73 Å². The molecule has 0 bridgehead atoms. The molecule has 2 N–H and O–H groups in total. The smallest absolute Gasteiger partial charge is 0.228 e. The van der Waals surface area contributed by atoms with Gasteiger partial charge in [-0.15, -0.1) is 0 Å². The molecule has 0 saturated carbocycles. The molecule has 0 radical (unpaired) electrons. The first-order valence-electron chi connectivity index (χ1n) is 5.33. The fraction of sp³-hybridized carbons (Fsp3) is 0.800. The first-order valence-corrected chi connectivity index (χ1v) is 5.33. The normalized spacial score (nSPS) is 28.2. The maximum Gasteiger partial charge on any atom is 0.228 e. The van der Waals surface area contributed by atoms with Crippen LogP contribution in [0.4, 0.5) is 0 Å². The summed E-state index contributed by atoms with van der Waals surface area (Å²) in [5.41, 5.74) is 5.30. The molecule has 1 aliphatic rings. The van der Waals surface area contributed by atoms with E-state index in [1.807, 2.05) is 13.8 Å². The summed E-state index contributed by atoms with van der Waals surface area (Å²) in [5, 5.41) is 3.96. The highest BCUT2D eigenvalue weighted by Crippen LogP contribution is 2.33. The van der Waals surface area contributed by atoms with E-state index in [9.17, 15) is 0 Å². The van der Waals surface area contributed by atoms with Crippen LogP contribution in [0.2, 0.25) is 0 Å². The van der Waals surface area contributed by atoms with Gasteiger partial charge < -0.3 is 15.0 Å². The maximum atomic E-state index is 5.66. The highest BCUT2D eigenvalue weighted by Gasteiger charge is 2.36. The summed E-state index contributed by atoms with van der Waals surface area (Å²) in [7, 11) is 0. The largest absolute Gasteiger partial charge is 0.367 e. The van der Waals surface area contributed by atoms with Crippen molar-refractivity contribution in [2.45, 2.75) is 44.8 Å². The van der Waals surface area contributed by atoms with Crippen molar-refractivity contribution in [3.8, 4) is 0 Å². The second-order valence-corrected chi connectivity index (χ2v) is 4.38. The van der Waals surface area contributed by atoms with Gasteiger partial charge in [0.1, 0.15) is 5.60 Å². The van der Waals surface area contributed by atoms with E-state index in [-0.39, 0.29) is 11.6 Å². The van der Waals surface area contributed by atoms with Gasteiger partial charge in [-0.25, -0.2) is 0 Å². The standard InChI is InChI=1S/C10H17N3O2/c1-7(11)6-8-12-9(13-15-8)10(2)4-3-5-14-10/h7H,3-6,11H2,1-2H3. The molecular formula is C10H17N3O2. The van der Waals surface area contributed by atoms with Crippen LogP contribution in [-0.4, -0.2) is 22.8 Å². The minimum absolute atomic E-state index is 0.0376. The lowest BCUT2D eigenvalue weighted by atomic mass is 10.0. The van der Waals surface area contributed by atoms with Crippen LogP contribution in [0.5, 0.6) is 0 Å². The van der Waals surface area contributed by atoms with Gasteiger partial charge in [-0.2, -0.15) is 4.98 Å². The van der Waals surface area contributed by atoms with Gasteiger partial charge in [-0.05, 0) is 26.7 Å². The summed E-state index contributed by atoms with van der Waals surface area (Å²) >= 11 is 0. The highest BCUT2D eigenvalue weighted by molar-refractivity contribution is 5.01. The van der Waals surface area contributed by atoms with Crippen molar-refractivity contribution in [1.82, 2.24) is 10.1 Å². The number of ether oxygens (including phenoxy) is 1. The maximum absolute atomic E-state index is 5.66. The average molecular weight is 211 g/mol. The van der Waals surface area contributed by atoms with Crippen LogP contribution >= 0.6 is 0 Å². The quantitative estimate of drug-likeness (QED) is 0.806. The van der Waals surface area contributed by atoms with E-state index in [1.165, 1.54) is 0 Å². The van der Waals surface area contributed by atoms with Crippen molar-refractivity contribution in [1.29, 1.82) is 0 Å². The Bertz CT molecular complexity index is 329. The molecule has 0 amide bonds. The molecule has 1 aromatic heterocycles. The van der Waals surface area contributed by atoms with Crippen LogP contribution in [0.3, 0.4) is 0 Å². The second-order valence-electron chi connectivity index (χ2n) is 4.38. The molecule has 2 rings (SSSR count). The van der Waals surface area contributed by atoms with Gasteiger partial charge in [-0.3, -0.25) is 0 Å². The minimum atomic E-state index is -0.362. The van der Waals surface area contributed by atoms with Crippen molar-refractivity contribution in [3.05, 3.63) is 11.7 Å². The van der Waals surface area contributed by atoms with Gasteiger partial charge in [0, 0.05) is 19.1 Å². The molecule has 0 aromatic carbocycles. The molecule has 2 unspecified atom stereocenters. The van der Waals surface area contributed by atoms with Crippen molar-refractivity contribution in [2.75, 3.05) is 6.61 Å². The Morgan fingerprint density at radius 1 is 1.60 bits per heavy atom. The third kappa shape index (κ3) is 2.18. The number of rotatable bonds is 3. The SMILES string of the molecule is CC(N)Cc1nc(C2(C)CCCO2)no1. The lowest BCUT2D eigenvalue weighted by Crippen LogP contribution is -2.22. The molecule has 0 aliphatic carbocycles. The topological polar surface area (TPSA) is 74.2 Å². The van der Waals surface area contributed by atoms with E-state index in [0.29, 0.717) is 18.1 Å². The number of nitrogens with zero attached hydrogens (tertiary/aromatic N) is 2. The van der Waals surface area contributed by atoms with Crippen LogP contribution in [0.1, 0.15) is 38.4 Å². The number of hydrogen-bond acceptors (Lipinski definition) is 5. The number of nitrogens with two attached hydrogens (primary N) is 1. The Balaban J connectivity index is 2.12. The second kappa shape index (κ2) is 3.90. The van der Waals surface area contributed by atoms with E-state index >= 15 is 0 Å². The first-order chi connectivity index (χ1) is 7.10. The Morgan fingerprint density at radius 3 is 3.00 bits per heavy atom. The van der Waals surface area contributed by atoms with Crippen LogP contribution in [0.15, 0.2) is 4.52 Å². The zero-order valence-electron chi connectivity index (χ0n) is 9.19. The predicted molar refractivity (Wildman–Crippen MR) is 54.2 cm³/mol. The van der Waals surface area contributed by atoms with Crippen LogP contribution in [-0.2, 0) is 16.8 Å². The fourth-order valence-corrected chi connectivity index (χ4v) is 1.78. The van der Waals surface area contributed by atoms with E-state index in [1.54, 1.807) is 0 Å². The summed E-state index contributed by atoms with van der Waals surface area (Å²) in [4.78, 5) is 4.32. The summed E-state index contributed by atoms with van der Waals surface area (Å²) < 4.78 is 10.8. The molecule has 84 valence electrons. The average Bonchev–Trinajstić information content (AvgIpc) is 2.74. The number of hydrogen-bond donors (Lipinski definition) is 1. The van der Waals surface area contributed by atoms with Crippen LogP contribution < -0.4 is 5.73 Å². The molecule has 1 aromatic rings. The Kier molecular flexibility index (Phi) is 2.75. The Morgan fingerprint density at radius 2 is 2.40 bits per heavy atom. The third-order valence-corrected chi connectivity index (χ3v) is 2.66. The van der Waals surface area contributed by atoms with Gasteiger partial charge >= 0.3 is 0 Å². The van der Waals surface area contributed by atoms with E-state index < -0.39 is 0 Å². The molecule has 5 heteroatoms.